The number of aryl methyl sites for hydroxylation is 2. The Labute approximate surface area is 109 Å². The molecule has 0 aliphatic heterocycles. The van der Waals surface area contributed by atoms with E-state index < -0.39 is 0 Å². The zero-order chi connectivity index (χ0) is 12.3. The third kappa shape index (κ3) is 3.28. The second-order valence-electron chi connectivity index (χ2n) is 3.97. The van der Waals surface area contributed by atoms with Crippen LogP contribution in [0.5, 0.6) is 0 Å². The summed E-state index contributed by atoms with van der Waals surface area (Å²) in [5, 5.41) is 7.79. The van der Waals surface area contributed by atoms with Crippen LogP contribution in [0.3, 0.4) is 0 Å². The van der Waals surface area contributed by atoms with E-state index in [1.165, 1.54) is 16.7 Å². The average molecular weight is 265 g/mol. The van der Waals surface area contributed by atoms with Gasteiger partial charge >= 0.3 is 0 Å². The molecule has 0 radical (unpaired) electrons. The minimum Gasteiger partial charge on any atom is -0.323 e. The van der Waals surface area contributed by atoms with Gasteiger partial charge in [0.15, 0.2) is 4.34 Å². The van der Waals surface area contributed by atoms with E-state index in [9.17, 15) is 0 Å². The highest BCUT2D eigenvalue weighted by Crippen LogP contribution is 2.25. The maximum Gasteiger partial charge on any atom is 0.174 e. The minimum atomic E-state index is 0.0446. The molecule has 0 aliphatic rings. The van der Waals surface area contributed by atoms with Crippen LogP contribution >= 0.6 is 23.1 Å². The van der Waals surface area contributed by atoms with Crippen molar-refractivity contribution < 1.29 is 0 Å². The first kappa shape index (κ1) is 12.5. The number of hydrogen-bond acceptors (Lipinski definition) is 5. The van der Waals surface area contributed by atoms with Crippen molar-refractivity contribution in [2.75, 3.05) is 5.75 Å². The van der Waals surface area contributed by atoms with Crippen molar-refractivity contribution in [3.05, 3.63) is 40.4 Å². The van der Waals surface area contributed by atoms with Gasteiger partial charge in [-0.25, -0.2) is 0 Å². The van der Waals surface area contributed by atoms with E-state index in [0.29, 0.717) is 0 Å². The highest BCUT2D eigenvalue weighted by Gasteiger charge is 2.08. The fourth-order valence-electron chi connectivity index (χ4n) is 1.48. The summed E-state index contributed by atoms with van der Waals surface area (Å²) < 4.78 is 0.976. The molecule has 0 fully saturated rings. The Morgan fingerprint density at radius 2 is 2.18 bits per heavy atom. The van der Waals surface area contributed by atoms with Crippen LogP contribution in [0.4, 0.5) is 0 Å². The van der Waals surface area contributed by atoms with Crippen molar-refractivity contribution >= 4 is 23.1 Å². The molecule has 2 aromatic rings. The number of thioether (sulfide) groups is 1. The van der Waals surface area contributed by atoms with Crippen LogP contribution in [0.1, 0.15) is 22.7 Å². The minimum absolute atomic E-state index is 0.0446. The molecule has 1 unspecified atom stereocenters. The van der Waals surface area contributed by atoms with Gasteiger partial charge in [0.05, 0.1) is 0 Å². The van der Waals surface area contributed by atoms with Crippen LogP contribution in [0.15, 0.2) is 28.0 Å². The standard InChI is InChI=1S/C12H15N3S2/c1-8-3-4-10(5-9(8)2)11(13)6-16-12-15-14-7-17-12/h3-5,7,11H,6,13H2,1-2H3. The summed E-state index contributed by atoms with van der Waals surface area (Å²) in [6, 6.07) is 6.44. The molecular weight excluding hydrogens is 250 g/mol. The number of benzene rings is 1. The van der Waals surface area contributed by atoms with Gasteiger partial charge in [-0.15, -0.1) is 10.2 Å². The summed E-state index contributed by atoms with van der Waals surface area (Å²) in [6.45, 7) is 4.23. The fourth-order valence-corrected chi connectivity index (χ4v) is 2.98. The first-order valence-corrected chi connectivity index (χ1v) is 7.25. The van der Waals surface area contributed by atoms with Gasteiger partial charge in [0, 0.05) is 11.8 Å². The topological polar surface area (TPSA) is 51.8 Å². The molecule has 0 bridgehead atoms. The predicted molar refractivity (Wildman–Crippen MR) is 73.5 cm³/mol. The van der Waals surface area contributed by atoms with E-state index in [0.717, 1.165) is 10.1 Å². The van der Waals surface area contributed by atoms with Gasteiger partial charge in [-0.3, -0.25) is 0 Å². The van der Waals surface area contributed by atoms with Gasteiger partial charge in [-0.1, -0.05) is 41.3 Å². The van der Waals surface area contributed by atoms with Crippen LogP contribution in [0.25, 0.3) is 0 Å². The van der Waals surface area contributed by atoms with Crippen molar-refractivity contribution in [1.29, 1.82) is 0 Å². The van der Waals surface area contributed by atoms with Crippen LogP contribution in [-0.4, -0.2) is 16.0 Å². The maximum atomic E-state index is 6.17. The Morgan fingerprint density at radius 3 is 2.82 bits per heavy atom. The van der Waals surface area contributed by atoms with E-state index in [2.05, 4.69) is 42.2 Å². The van der Waals surface area contributed by atoms with Crippen LogP contribution in [0.2, 0.25) is 0 Å². The van der Waals surface area contributed by atoms with Crippen molar-refractivity contribution in [3.63, 3.8) is 0 Å². The van der Waals surface area contributed by atoms with E-state index in [4.69, 9.17) is 5.73 Å². The molecule has 2 rings (SSSR count). The van der Waals surface area contributed by atoms with Crippen LogP contribution in [-0.2, 0) is 0 Å². The lowest BCUT2D eigenvalue weighted by atomic mass is 10.0. The summed E-state index contributed by atoms with van der Waals surface area (Å²) in [5.74, 6) is 0.831. The lowest BCUT2D eigenvalue weighted by molar-refractivity contribution is 0.828. The predicted octanol–water partition coefficient (Wildman–Crippen LogP) is 2.95. The smallest absolute Gasteiger partial charge is 0.174 e. The van der Waals surface area contributed by atoms with E-state index in [1.807, 2.05) is 0 Å². The molecule has 3 nitrogen and oxygen atoms in total. The molecule has 1 aromatic heterocycles. The number of aromatic nitrogens is 2. The Hall–Kier alpha value is -0.910. The van der Waals surface area contributed by atoms with Gasteiger partial charge in [0.1, 0.15) is 5.51 Å². The van der Waals surface area contributed by atoms with Crippen molar-refractivity contribution in [2.24, 2.45) is 5.73 Å². The van der Waals surface area contributed by atoms with Gasteiger partial charge in [-0.05, 0) is 30.5 Å². The normalized spacial score (nSPS) is 12.6. The van der Waals surface area contributed by atoms with Crippen LogP contribution in [0, 0.1) is 13.8 Å². The third-order valence-corrected chi connectivity index (χ3v) is 4.67. The molecule has 90 valence electrons. The van der Waals surface area contributed by atoms with E-state index in [-0.39, 0.29) is 6.04 Å². The summed E-state index contributed by atoms with van der Waals surface area (Å²) in [7, 11) is 0. The molecule has 17 heavy (non-hydrogen) atoms. The molecule has 0 spiro atoms. The molecule has 1 heterocycles. The maximum absolute atomic E-state index is 6.17. The second kappa shape index (κ2) is 5.62. The first-order chi connectivity index (χ1) is 8.16. The Balaban J connectivity index is 1.99. The van der Waals surface area contributed by atoms with Gasteiger partial charge in [0.2, 0.25) is 0 Å². The van der Waals surface area contributed by atoms with E-state index >= 15 is 0 Å². The summed E-state index contributed by atoms with van der Waals surface area (Å²) >= 11 is 3.21. The van der Waals surface area contributed by atoms with Crippen molar-refractivity contribution in [3.8, 4) is 0 Å². The molecule has 0 aliphatic carbocycles. The molecule has 2 N–H and O–H groups in total. The zero-order valence-corrected chi connectivity index (χ0v) is 11.5. The first-order valence-electron chi connectivity index (χ1n) is 5.38. The highest BCUT2D eigenvalue weighted by atomic mass is 32.2. The van der Waals surface area contributed by atoms with Gasteiger partial charge < -0.3 is 5.73 Å². The zero-order valence-electron chi connectivity index (χ0n) is 9.88. The molecule has 5 heteroatoms. The number of rotatable bonds is 4. The average Bonchev–Trinajstić information content (AvgIpc) is 2.82. The molecule has 0 saturated heterocycles. The largest absolute Gasteiger partial charge is 0.323 e. The Morgan fingerprint density at radius 1 is 1.35 bits per heavy atom. The fraction of sp³-hybridized carbons (Fsp3) is 0.333. The highest BCUT2D eigenvalue weighted by molar-refractivity contribution is 8.01. The molecule has 1 atom stereocenters. The van der Waals surface area contributed by atoms with Gasteiger partial charge in [0.25, 0.3) is 0 Å². The molecular formula is C12H15N3S2. The van der Waals surface area contributed by atoms with Crippen molar-refractivity contribution in [2.45, 2.75) is 24.2 Å². The number of hydrogen-bond donors (Lipinski definition) is 1. The van der Waals surface area contributed by atoms with Crippen molar-refractivity contribution in [1.82, 2.24) is 10.2 Å². The lowest BCUT2D eigenvalue weighted by Gasteiger charge is -2.12. The molecule has 0 saturated carbocycles. The Kier molecular flexibility index (Phi) is 4.15. The summed E-state index contributed by atoms with van der Waals surface area (Å²) in [6.07, 6.45) is 0. The summed E-state index contributed by atoms with van der Waals surface area (Å²) in [4.78, 5) is 0. The number of nitrogens with zero attached hydrogens (tertiary/aromatic N) is 2. The Bertz CT molecular complexity index is 483. The summed E-state index contributed by atoms with van der Waals surface area (Å²) in [5.41, 5.74) is 11.7. The quantitative estimate of drug-likeness (QED) is 0.864. The SMILES string of the molecule is Cc1ccc(C(N)CSc2nncs2)cc1C. The second-order valence-corrected chi connectivity index (χ2v) is 6.07. The number of nitrogens with two attached hydrogens (primary N) is 1. The molecule has 0 amide bonds. The third-order valence-electron chi connectivity index (χ3n) is 2.69. The van der Waals surface area contributed by atoms with Gasteiger partial charge in [-0.2, -0.15) is 0 Å². The molecule has 1 aromatic carbocycles. The van der Waals surface area contributed by atoms with E-state index in [1.54, 1.807) is 28.6 Å². The monoisotopic (exact) mass is 265 g/mol. The van der Waals surface area contributed by atoms with Crippen LogP contribution < -0.4 is 5.73 Å². The lowest BCUT2D eigenvalue weighted by Crippen LogP contribution is -2.13.